The maximum atomic E-state index is 11.9. The van der Waals surface area contributed by atoms with Gasteiger partial charge in [0.25, 0.3) is 0 Å². The number of rotatable bonds is 5. The minimum Gasteiger partial charge on any atom is -0.376 e. The third-order valence-electron chi connectivity index (χ3n) is 2.90. The molecule has 0 spiro atoms. The van der Waals surface area contributed by atoms with Crippen LogP contribution in [0.3, 0.4) is 0 Å². The highest BCUT2D eigenvalue weighted by Crippen LogP contribution is 2.15. The number of carbonyl (C=O) groups is 1. The molecule has 4 heteroatoms. The molecule has 2 aromatic rings. The fourth-order valence-corrected chi connectivity index (χ4v) is 2.25. The number of anilines is 2. The highest BCUT2D eigenvalue weighted by molar-refractivity contribution is 9.10. The van der Waals surface area contributed by atoms with Gasteiger partial charge in [0.05, 0.1) is 6.54 Å². The van der Waals surface area contributed by atoms with Gasteiger partial charge in [-0.1, -0.05) is 41.1 Å². The Balaban J connectivity index is 1.88. The number of nitrogens with one attached hydrogen (secondary N) is 2. The van der Waals surface area contributed by atoms with E-state index in [1.54, 1.807) is 0 Å². The Bertz CT molecular complexity index is 599. The lowest BCUT2D eigenvalue weighted by molar-refractivity contribution is -0.114. The molecule has 0 aromatic heterocycles. The predicted octanol–water partition coefficient (Wildman–Crippen LogP) is 4.06. The quantitative estimate of drug-likeness (QED) is 0.866. The van der Waals surface area contributed by atoms with Crippen molar-refractivity contribution in [3.8, 4) is 0 Å². The van der Waals surface area contributed by atoms with E-state index in [1.807, 2.05) is 36.4 Å². The molecule has 0 saturated heterocycles. The molecule has 0 radical (unpaired) electrons. The summed E-state index contributed by atoms with van der Waals surface area (Å²) in [5.41, 5.74) is 3.00. The van der Waals surface area contributed by atoms with Gasteiger partial charge in [0.2, 0.25) is 5.91 Å². The maximum Gasteiger partial charge on any atom is 0.243 e. The zero-order valence-corrected chi connectivity index (χ0v) is 12.9. The standard InChI is InChI=1S/C16H17BrN2O/c1-2-12-5-3-7-14(9-12)18-11-16(20)19-15-8-4-6-13(17)10-15/h3-10,18H,2,11H2,1H3,(H,19,20). The zero-order chi connectivity index (χ0) is 14.4. The number of amides is 1. The first kappa shape index (κ1) is 14.6. The number of halogens is 1. The van der Waals surface area contributed by atoms with E-state index in [0.29, 0.717) is 0 Å². The molecule has 2 N–H and O–H groups in total. The normalized spacial score (nSPS) is 10.1. The molecular weight excluding hydrogens is 316 g/mol. The fraction of sp³-hybridized carbons (Fsp3) is 0.188. The van der Waals surface area contributed by atoms with Crippen molar-refractivity contribution in [3.05, 3.63) is 58.6 Å². The lowest BCUT2D eigenvalue weighted by atomic mass is 10.1. The van der Waals surface area contributed by atoms with E-state index in [-0.39, 0.29) is 12.5 Å². The highest BCUT2D eigenvalue weighted by Gasteiger charge is 2.03. The van der Waals surface area contributed by atoms with E-state index in [1.165, 1.54) is 5.56 Å². The van der Waals surface area contributed by atoms with E-state index in [0.717, 1.165) is 22.3 Å². The summed E-state index contributed by atoms with van der Waals surface area (Å²) >= 11 is 3.38. The van der Waals surface area contributed by atoms with Crippen LogP contribution in [0.15, 0.2) is 53.0 Å². The van der Waals surface area contributed by atoms with Crippen LogP contribution in [0.5, 0.6) is 0 Å². The SMILES string of the molecule is CCc1cccc(NCC(=O)Nc2cccc(Br)c2)c1. The molecule has 3 nitrogen and oxygen atoms in total. The Hall–Kier alpha value is -1.81. The molecule has 20 heavy (non-hydrogen) atoms. The number of aryl methyl sites for hydroxylation is 1. The average Bonchev–Trinajstić information content (AvgIpc) is 2.45. The van der Waals surface area contributed by atoms with Crippen LogP contribution in [0, 0.1) is 0 Å². The Morgan fingerprint density at radius 1 is 1.10 bits per heavy atom. The van der Waals surface area contributed by atoms with Crippen molar-refractivity contribution in [3.63, 3.8) is 0 Å². The average molecular weight is 333 g/mol. The van der Waals surface area contributed by atoms with Gasteiger partial charge in [-0.25, -0.2) is 0 Å². The van der Waals surface area contributed by atoms with E-state index in [2.05, 4.69) is 45.6 Å². The van der Waals surface area contributed by atoms with E-state index in [4.69, 9.17) is 0 Å². The Labute approximate surface area is 127 Å². The van der Waals surface area contributed by atoms with Gasteiger partial charge in [-0.15, -0.1) is 0 Å². The zero-order valence-electron chi connectivity index (χ0n) is 11.3. The second-order valence-electron chi connectivity index (χ2n) is 4.47. The first-order valence-electron chi connectivity index (χ1n) is 6.55. The van der Waals surface area contributed by atoms with Gasteiger partial charge in [-0.05, 0) is 42.3 Å². The summed E-state index contributed by atoms with van der Waals surface area (Å²) in [5.74, 6) is -0.0648. The van der Waals surface area contributed by atoms with Crippen LogP contribution < -0.4 is 10.6 Å². The summed E-state index contributed by atoms with van der Waals surface area (Å²) in [5, 5.41) is 5.98. The second kappa shape index (κ2) is 7.10. The minimum atomic E-state index is -0.0648. The number of hydrogen-bond acceptors (Lipinski definition) is 2. The lowest BCUT2D eigenvalue weighted by Gasteiger charge is -2.09. The summed E-state index contributed by atoms with van der Waals surface area (Å²) < 4.78 is 0.943. The molecule has 2 rings (SSSR count). The summed E-state index contributed by atoms with van der Waals surface area (Å²) in [6.07, 6.45) is 0.986. The van der Waals surface area contributed by atoms with Gasteiger partial charge in [0.1, 0.15) is 0 Å². The monoisotopic (exact) mass is 332 g/mol. The van der Waals surface area contributed by atoms with Gasteiger partial charge >= 0.3 is 0 Å². The van der Waals surface area contributed by atoms with E-state index >= 15 is 0 Å². The largest absolute Gasteiger partial charge is 0.376 e. The fourth-order valence-electron chi connectivity index (χ4n) is 1.85. The third-order valence-corrected chi connectivity index (χ3v) is 3.39. The molecule has 104 valence electrons. The van der Waals surface area contributed by atoms with Crippen molar-refractivity contribution in [2.24, 2.45) is 0 Å². The highest BCUT2D eigenvalue weighted by atomic mass is 79.9. The van der Waals surface area contributed by atoms with Gasteiger partial charge < -0.3 is 10.6 Å². The Morgan fingerprint density at radius 2 is 1.85 bits per heavy atom. The van der Waals surface area contributed by atoms with Crippen molar-refractivity contribution >= 4 is 33.2 Å². The number of carbonyl (C=O) groups excluding carboxylic acids is 1. The first-order chi connectivity index (χ1) is 9.67. The summed E-state index contributed by atoms with van der Waals surface area (Å²) in [6, 6.07) is 15.6. The van der Waals surface area contributed by atoms with Crippen molar-refractivity contribution in [1.82, 2.24) is 0 Å². The molecule has 0 aliphatic carbocycles. The van der Waals surface area contributed by atoms with Gasteiger partial charge in [0, 0.05) is 15.8 Å². The van der Waals surface area contributed by atoms with Crippen LogP contribution in [-0.2, 0) is 11.2 Å². The Kier molecular flexibility index (Phi) is 5.18. The van der Waals surface area contributed by atoms with Gasteiger partial charge in [0.15, 0.2) is 0 Å². The second-order valence-corrected chi connectivity index (χ2v) is 5.38. The molecule has 2 aromatic carbocycles. The van der Waals surface area contributed by atoms with E-state index in [9.17, 15) is 4.79 Å². The number of benzene rings is 2. The van der Waals surface area contributed by atoms with E-state index < -0.39 is 0 Å². The van der Waals surface area contributed by atoms with Crippen LogP contribution >= 0.6 is 15.9 Å². The summed E-state index contributed by atoms with van der Waals surface area (Å²) in [4.78, 5) is 11.9. The molecule has 1 amide bonds. The number of hydrogen-bond donors (Lipinski definition) is 2. The summed E-state index contributed by atoms with van der Waals surface area (Å²) in [6.45, 7) is 2.36. The molecule has 0 aliphatic rings. The van der Waals surface area contributed by atoms with Crippen LogP contribution in [0.25, 0.3) is 0 Å². The minimum absolute atomic E-state index is 0.0648. The summed E-state index contributed by atoms with van der Waals surface area (Å²) in [7, 11) is 0. The molecule has 0 bridgehead atoms. The molecule has 0 aliphatic heterocycles. The molecule has 0 atom stereocenters. The predicted molar refractivity (Wildman–Crippen MR) is 87.1 cm³/mol. The molecular formula is C16H17BrN2O. The van der Waals surface area contributed by atoms with Crippen LogP contribution in [0.1, 0.15) is 12.5 Å². The van der Waals surface area contributed by atoms with Crippen LogP contribution in [0.2, 0.25) is 0 Å². The van der Waals surface area contributed by atoms with Crippen molar-refractivity contribution in [1.29, 1.82) is 0 Å². The van der Waals surface area contributed by atoms with Crippen LogP contribution in [0.4, 0.5) is 11.4 Å². The smallest absolute Gasteiger partial charge is 0.243 e. The Morgan fingerprint density at radius 3 is 2.60 bits per heavy atom. The molecule has 0 fully saturated rings. The molecule has 0 heterocycles. The topological polar surface area (TPSA) is 41.1 Å². The van der Waals surface area contributed by atoms with Crippen molar-refractivity contribution in [2.75, 3.05) is 17.2 Å². The first-order valence-corrected chi connectivity index (χ1v) is 7.35. The van der Waals surface area contributed by atoms with Crippen LogP contribution in [-0.4, -0.2) is 12.5 Å². The maximum absolute atomic E-state index is 11.9. The van der Waals surface area contributed by atoms with Crippen molar-refractivity contribution in [2.45, 2.75) is 13.3 Å². The lowest BCUT2D eigenvalue weighted by Crippen LogP contribution is -2.21. The van der Waals surface area contributed by atoms with Crippen molar-refractivity contribution < 1.29 is 4.79 Å². The van der Waals surface area contributed by atoms with Gasteiger partial charge in [-0.2, -0.15) is 0 Å². The molecule has 0 unspecified atom stereocenters. The van der Waals surface area contributed by atoms with Gasteiger partial charge in [-0.3, -0.25) is 4.79 Å². The third kappa shape index (κ3) is 4.38. The molecule has 0 saturated carbocycles.